The first-order chi connectivity index (χ1) is 14.7. The van der Waals surface area contributed by atoms with Gasteiger partial charge in [-0.05, 0) is 118 Å². The van der Waals surface area contributed by atoms with E-state index in [2.05, 4.69) is 31.6 Å². The van der Waals surface area contributed by atoms with Gasteiger partial charge in [0.2, 0.25) is 0 Å². The predicted octanol–water partition coefficient (Wildman–Crippen LogP) is 5.51. The average molecular weight is 468 g/mol. The van der Waals surface area contributed by atoms with Gasteiger partial charge >= 0.3 is 10.3 Å². The van der Waals surface area contributed by atoms with Gasteiger partial charge in [-0.25, -0.2) is 0 Å². The fourth-order valence-corrected chi connectivity index (χ4v) is 9.35. The summed E-state index contributed by atoms with van der Waals surface area (Å²) < 4.78 is 34.3. The van der Waals surface area contributed by atoms with Crippen molar-refractivity contribution in [3.8, 4) is 0 Å². The third-order valence-corrected chi connectivity index (χ3v) is 11.0. The van der Waals surface area contributed by atoms with Crippen LogP contribution in [0.15, 0.2) is 11.6 Å². The first-order valence-corrected chi connectivity index (χ1v) is 14.3. The second-order valence-electron chi connectivity index (χ2n) is 12.8. The van der Waals surface area contributed by atoms with E-state index in [0.29, 0.717) is 17.3 Å². The highest BCUT2D eigenvalue weighted by Crippen LogP contribution is 2.67. The van der Waals surface area contributed by atoms with E-state index in [-0.39, 0.29) is 11.5 Å². The molecule has 4 rings (SSSR count). The largest absolute Gasteiger partial charge is 0.390 e. The molecule has 3 saturated carbocycles. The summed E-state index contributed by atoms with van der Waals surface area (Å²) in [5.41, 5.74) is 1.42. The number of hydrogen-bond acceptors (Lipinski definition) is 3. The molecule has 0 spiro atoms. The number of nitrogens with one attached hydrogen (secondary N) is 1. The Labute approximate surface area is 195 Å². The van der Waals surface area contributed by atoms with E-state index in [9.17, 15) is 18.1 Å². The quantitative estimate of drug-likeness (QED) is 0.355. The van der Waals surface area contributed by atoms with Crippen LogP contribution >= 0.6 is 0 Å². The number of aliphatic hydroxyl groups is 1. The van der Waals surface area contributed by atoms with E-state index in [1.165, 1.54) is 31.3 Å². The molecule has 5 nitrogen and oxygen atoms in total. The van der Waals surface area contributed by atoms with Crippen molar-refractivity contribution in [2.75, 3.05) is 0 Å². The molecule has 0 bridgehead atoms. The van der Waals surface area contributed by atoms with Crippen LogP contribution in [-0.4, -0.2) is 29.7 Å². The topological polar surface area (TPSA) is 86.6 Å². The van der Waals surface area contributed by atoms with Crippen molar-refractivity contribution in [3.63, 3.8) is 0 Å². The normalized spacial score (nSPS) is 43.1. The lowest BCUT2D eigenvalue weighted by Gasteiger charge is -2.58. The lowest BCUT2D eigenvalue weighted by atomic mass is 9.47. The van der Waals surface area contributed by atoms with Crippen molar-refractivity contribution in [1.29, 1.82) is 0 Å². The molecule has 0 aliphatic heterocycles. The van der Waals surface area contributed by atoms with Gasteiger partial charge in [-0.3, -0.25) is 4.55 Å². The fraction of sp³-hybridized carbons (Fsp3) is 0.923. The maximum atomic E-state index is 11.3. The van der Waals surface area contributed by atoms with Gasteiger partial charge < -0.3 is 5.11 Å². The van der Waals surface area contributed by atoms with Crippen LogP contribution in [-0.2, 0) is 10.3 Å². The maximum Gasteiger partial charge on any atom is 0.333 e. The lowest BCUT2D eigenvalue weighted by Crippen LogP contribution is -2.52. The van der Waals surface area contributed by atoms with E-state index >= 15 is 0 Å². The zero-order chi connectivity index (χ0) is 23.5. The Kier molecular flexibility index (Phi) is 6.44. The third kappa shape index (κ3) is 4.58. The van der Waals surface area contributed by atoms with Crippen LogP contribution in [0.4, 0.5) is 0 Å². The molecule has 6 heteroatoms. The van der Waals surface area contributed by atoms with Crippen LogP contribution in [0.25, 0.3) is 0 Å². The SMILES string of the molecule is CC(CCC(C)(C)O)C1CCC2C3CC=C4CC(NS(=O)(=O)O)CCC4(C)C3CCC12C. The predicted molar refractivity (Wildman–Crippen MR) is 128 cm³/mol. The fourth-order valence-electron chi connectivity index (χ4n) is 8.73. The number of rotatable bonds is 6. The van der Waals surface area contributed by atoms with Gasteiger partial charge in [0.1, 0.15) is 0 Å². The van der Waals surface area contributed by atoms with Gasteiger partial charge in [0.15, 0.2) is 0 Å². The number of hydrogen-bond donors (Lipinski definition) is 3. The van der Waals surface area contributed by atoms with Gasteiger partial charge in [0.05, 0.1) is 5.60 Å². The van der Waals surface area contributed by atoms with Crippen LogP contribution in [0, 0.1) is 40.4 Å². The van der Waals surface area contributed by atoms with Crippen molar-refractivity contribution < 1.29 is 18.1 Å². The van der Waals surface area contributed by atoms with Crippen LogP contribution in [0.1, 0.15) is 98.8 Å². The molecule has 0 aromatic carbocycles. The average Bonchev–Trinajstić information content (AvgIpc) is 3.02. The van der Waals surface area contributed by atoms with Crippen LogP contribution < -0.4 is 4.72 Å². The Morgan fingerprint density at radius 2 is 1.88 bits per heavy atom. The summed E-state index contributed by atoms with van der Waals surface area (Å²) in [6.45, 7) is 11.3. The minimum Gasteiger partial charge on any atom is -0.390 e. The zero-order valence-electron chi connectivity index (χ0n) is 20.7. The van der Waals surface area contributed by atoms with Crippen LogP contribution in [0.5, 0.6) is 0 Å². The second-order valence-corrected chi connectivity index (χ2v) is 14.0. The first-order valence-electron chi connectivity index (χ1n) is 12.9. The molecule has 0 radical (unpaired) electrons. The molecule has 184 valence electrons. The van der Waals surface area contributed by atoms with E-state index < -0.39 is 15.9 Å². The Balaban J connectivity index is 1.49. The van der Waals surface area contributed by atoms with Gasteiger partial charge in [-0.15, -0.1) is 0 Å². The standard InChI is InChI=1S/C26H45NO4S/c1-17(10-13-24(2,3)28)21-8-9-22-20-7-6-18-16-19(27-32(29,30)31)11-14-25(18,4)23(20)12-15-26(21,22)5/h6,17,19-23,27-28H,7-16H2,1-5H3,(H,29,30,31). The molecule has 32 heavy (non-hydrogen) atoms. The number of fused-ring (bicyclic) bond motifs is 5. The highest BCUT2D eigenvalue weighted by Gasteiger charge is 2.59. The molecular formula is C26H45NO4S. The van der Waals surface area contributed by atoms with Crippen LogP contribution in [0.2, 0.25) is 0 Å². The van der Waals surface area contributed by atoms with Gasteiger partial charge in [-0.2, -0.15) is 13.1 Å². The van der Waals surface area contributed by atoms with Crippen molar-refractivity contribution in [2.24, 2.45) is 40.4 Å². The molecule has 3 N–H and O–H groups in total. The van der Waals surface area contributed by atoms with E-state index in [0.717, 1.165) is 56.3 Å². The molecule has 0 aromatic heterocycles. The Hall–Kier alpha value is -0.430. The molecule has 3 fully saturated rings. The van der Waals surface area contributed by atoms with Crippen molar-refractivity contribution in [1.82, 2.24) is 4.72 Å². The molecule has 0 amide bonds. The van der Waals surface area contributed by atoms with E-state index in [1.807, 2.05) is 13.8 Å². The molecule has 4 aliphatic carbocycles. The molecule has 0 aromatic rings. The monoisotopic (exact) mass is 467 g/mol. The van der Waals surface area contributed by atoms with Crippen LogP contribution in [0.3, 0.4) is 0 Å². The summed E-state index contributed by atoms with van der Waals surface area (Å²) in [6.07, 6.45) is 13.3. The molecule has 8 unspecified atom stereocenters. The highest BCUT2D eigenvalue weighted by molar-refractivity contribution is 7.83. The smallest absolute Gasteiger partial charge is 0.333 e. The summed E-state index contributed by atoms with van der Waals surface area (Å²) in [7, 11) is -4.15. The van der Waals surface area contributed by atoms with Crippen molar-refractivity contribution >= 4 is 10.3 Å². The van der Waals surface area contributed by atoms with Gasteiger partial charge in [0, 0.05) is 6.04 Å². The number of allylic oxidation sites excluding steroid dienone is 1. The lowest BCUT2D eigenvalue weighted by molar-refractivity contribution is -0.0526. The Bertz CT molecular complexity index is 846. The molecule has 8 atom stereocenters. The first kappa shape index (κ1) is 24.7. The van der Waals surface area contributed by atoms with Crippen molar-refractivity contribution in [3.05, 3.63) is 11.6 Å². The minimum absolute atomic E-state index is 0.173. The van der Waals surface area contributed by atoms with Gasteiger partial charge in [-0.1, -0.05) is 32.4 Å². The molecule has 0 heterocycles. The zero-order valence-corrected chi connectivity index (χ0v) is 21.5. The second kappa shape index (κ2) is 8.35. The van der Waals surface area contributed by atoms with E-state index in [1.54, 1.807) is 0 Å². The van der Waals surface area contributed by atoms with Crippen molar-refractivity contribution in [2.45, 2.75) is 110 Å². The van der Waals surface area contributed by atoms with E-state index in [4.69, 9.17) is 0 Å². The Morgan fingerprint density at radius 1 is 1.16 bits per heavy atom. The summed E-state index contributed by atoms with van der Waals surface area (Å²) in [6, 6.07) is -0.179. The Morgan fingerprint density at radius 3 is 2.53 bits per heavy atom. The summed E-state index contributed by atoms with van der Waals surface area (Å²) >= 11 is 0. The summed E-state index contributed by atoms with van der Waals surface area (Å²) in [5, 5.41) is 10.2. The molecular weight excluding hydrogens is 422 g/mol. The maximum absolute atomic E-state index is 11.3. The highest BCUT2D eigenvalue weighted by atomic mass is 32.2. The summed E-state index contributed by atoms with van der Waals surface area (Å²) in [5.74, 6) is 3.61. The summed E-state index contributed by atoms with van der Waals surface area (Å²) in [4.78, 5) is 0. The third-order valence-electron chi connectivity index (χ3n) is 10.4. The van der Waals surface area contributed by atoms with Gasteiger partial charge in [0.25, 0.3) is 0 Å². The minimum atomic E-state index is -4.15. The molecule has 4 aliphatic rings. The molecule has 0 saturated heterocycles.